The molecule has 0 amide bonds. The number of sulfonamides is 1. The number of nitrogens with one attached hydrogen (secondary N) is 2. The van der Waals surface area contributed by atoms with Crippen LogP contribution >= 0.6 is 0 Å². The molecule has 1 fully saturated rings. The van der Waals surface area contributed by atoms with Crippen molar-refractivity contribution in [1.29, 1.82) is 0 Å². The van der Waals surface area contributed by atoms with Gasteiger partial charge in [-0.05, 0) is 51.4 Å². The lowest BCUT2D eigenvalue weighted by Crippen LogP contribution is -2.39. The van der Waals surface area contributed by atoms with Gasteiger partial charge in [-0.25, -0.2) is 18.1 Å². The molecule has 0 spiro atoms. The number of hydrogen-bond acceptors (Lipinski definition) is 5. The van der Waals surface area contributed by atoms with Gasteiger partial charge in [-0.15, -0.1) is 0 Å². The van der Waals surface area contributed by atoms with Gasteiger partial charge in [0.1, 0.15) is 10.7 Å². The van der Waals surface area contributed by atoms with Gasteiger partial charge in [-0.3, -0.25) is 0 Å². The summed E-state index contributed by atoms with van der Waals surface area (Å²) < 4.78 is 27.2. The lowest BCUT2D eigenvalue weighted by atomic mass is 9.99. The number of pyridine rings is 1. The Kier molecular flexibility index (Phi) is 5.55. The fourth-order valence-electron chi connectivity index (χ4n) is 2.58. The van der Waals surface area contributed by atoms with Crippen LogP contribution < -0.4 is 10.0 Å². The monoisotopic (exact) mass is 312 g/mol. The average Bonchev–Trinajstić information content (AvgIpc) is 2.46. The molecule has 21 heavy (non-hydrogen) atoms. The first kappa shape index (κ1) is 16.2. The van der Waals surface area contributed by atoms with Crippen LogP contribution in [0.3, 0.4) is 0 Å². The predicted molar refractivity (Wildman–Crippen MR) is 83.8 cm³/mol. The van der Waals surface area contributed by atoms with E-state index < -0.39 is 10.0 Å². The summed E-state index contributed by atoms with van der Waals surface area (Å²) in [6.45, 7) is 5.25. The van der Waals surface area contributed by atoms with Crippen LogP contribution in [0.25, 0.3) is 0 Å². The average molecular weight is 312 g/mol. The molecule has 2 N–H and O–H groups in total. The molecule has 1 atom stereocenters. The topological polar surface area (TPSA) is 74.3 Å². The highest BCUT2D eigenvalue weighted by Crippen LogP contribution is 2.16. The van der Waals surface area contributed by atoms with Crippen molar-refractivity contribution in [3.63, 3.8) is 0 Å². The van der Waals surface area contributed by atoms with E-state index in [9.17, 15) is 8.42 Å². The molecule has 2 rings (SSSR count). The van der Waals surface area contributed by atoms with E-state index >= 15 is 0 Å². The van der Waals surface area contributed by atoms with Gasteiger partial charge in [0.15, 0.2) is 0 Å². The van der Waals surface area contributed by atoms with E-state index in [1.54, 1.807) is 12.1 Å². The van der Waals surface area contributed by atoms with Gasteiger partial charge in [-0.2, -0.15) is 0 Å². The first-order valence-corrected chi connectivity index (χ1v) is 8.87. The van der Waals surface area contributed by atoms with Gasteiger partial charge in [0.2, 0.25) is 10.0 Å². The zero-order valence-electron chi connectivity index (χ0n) is 12.7. The Bertz CT molecular complexity index is 545. The smallest absolute Gasteiger partial charge is 0.242 e. The normalized spacial score (nSPS) is 20.4. The Balaban J connectivity index is 1.94. The molecule has 1 aromatic rings. The van der Waals surface area contributed by atoms with Crippen molar-refractivity contribution in [3.05, 3.63) is 18.3 Å². The number of piperidine rings is 1. The van der Waals surface area contributed by atoms with E-state index in [-0.39, 0.29) is 4.90 Å². The van der Waals surface area contributed by atoms with Crippen LogP contribution in [0.4, 0.5) is 5.82 Å². The molecule has 0 aromatic carbocycles. The van der Waals surface area contributed by atoms with Crippen LogP contribution in [0.15, 0.2) is 23.2 Å². The van der Waals surface area contributed by atoms with Crippen molar-refractivity contribution in [2.45, 2.75) is 24.7 Å². The number of rotatable bonds is 6. The first-order valence-electron chi connectivity index (χ1n) is 7.39. The summed E-state index contributed by atoms with van der Waals surface area (Å²) in [4.78, 5) is 6.56. The Morgan fingerprint density at radius 1 is 1.43 bits per heavy atom. The second-order valence-corrected chi connectivity index (χ2v) is 7.30. The third-order valence-electron chi connectivity index (χ3n) is 3.69. The minimum Gasteiger partial charge on any atom is -0.370 e. The van der Waals surface area contributed by atoms with Crippen molar-refractivity contribution in [2.75, 3.05) is 38.5 Å². The zero-order chi connectivity index (χ0) is 15.3. The summed E-state index contributed by atoms with van der Waals surface area (Å²) in [7, 11) is -1.39. The maximum atomic E-state index is 12.2. The summed E-state index contributed by atoms with van der Waals surface area (Å²) in [5.41, 5.74) is 0. The van der Waals surface area contributed by atoms with Crippen LogP contribution in [0.2, 0.25) is 0 Å². The van der Waals surface area contributed by atoms with E-state index in [4.69, 9.17) is 0 Å². The minimum absolute atomic E-state index is 0.216. The molecular weight excluding hydrogens is 288 g/mol. The molecular formula is C14H24N4O2S. The first-order chi connectivity index (χ1) is 10.0. The molecule has 1 aliphatic heterocycles. The van der Waals surface area contributed by atoms with E-state index in [1.807, 2.05) is 6.92 Å². The van der Waals surface area contributed by atoms with Gasteiger partial charge in [0.25, 0.3) is 0 Å². The molecule has 0 radical (unpaired) electrons. The molecule has 6 nitrogen and oxygen atoms in total. The van der Waals surface area contributed by atoms with E-state index in [0.29, 0.717) is 18.3 Å². The SMILES string of the molecule is CCNc1ccc(S(=O)(=O)NCC2CCCN(C)C2)cn1. The molecule has 118 valence electrons. The van der Waals surface area contributed by atoms with Gasteiger partial charge in [0.05, 0.1) is 0 Å². The molecule has 1 saturated heterocycles. The highest BCUT2D eigenvalue weighted by molar-refractivity contribution is 7.89. The van der Waals surface area contributed by atoms with Crippen molar-refractivity contribution < 1.29 is 8.42 Å². The summed E-state index contributed by atoms with van der Waals surface area (Å²) in [5.74, 6) is 1.07. The second-order valence-electron chi connectivity index (χ2n) is 5.53. The van der Waals surface area contributed by atoms with Crippen molar-refractivity contribution >= 4 is 15.8 Å². The van der Waals surface area contributed by atoms with Crippen molar-refractivity contribution in [3.8, 4) is 0 Å². The quantitative estimate of drug-likeness (QED) is 0.824. The third kappa shape index (κ3) is 4.66. The van der Waals surface area contributed by atoms with Gasteiger partial charge in [0, 0.05) is 25.8 Å². The van der Waals surface area contributed by atoms with Crippen LogP contribution in [0.1, 0.15) is 19.8 Å². The van der Waals surface area contributed by atoms with Crippen LogP contribution in [0.5, 0.6) is 0 Å². The Labute approximate surface area is 127 Å². The molecule has 0 saturated carbocycles. The molecule has 0 aliphatic carbocycles. The maximum absolute atomic E-state index is 12.2. The Morgan fingerprint density at radius 3 is 2.86 bits per heavy atom. The summed E-state index contributed by atoms with van der Waals surface area (Å²) in [6.07, 6.45) is 3.60. The van der Waals surface area contributed by atoms with Crippen LogP contribution in [0, 0.1) is 5.92 Å². The lowest BCUT2D eigenvalue weighted by molar-refractivity contribution is 0.211. The van der Waals surface area contributed by atoms with Crippen molar-refractivity contribution in [2.24, 2.45) is 5.92 Å². The number of hydrogen-bond donors (Lipinski definition) is 2. The molecule has 1 unspecified atom stereocenters. The summed E-state index contributed by atoms with van der Waals surface area (Å²) >= 11 is 0. The summed E-state index contributed by atoms with van der Waals surface area (Å²) in [6, 6.07) is 3.27. The molecule has 7 heteroatoms. The lowest BCUT2D eigenvalue weighted by Gasteiger charge is -2.29. The highest BCUT2D eigenvalue weighted by atomic mass is 32.2. The largest absolute Gasteiger partial charge is 0.370 e. The standard InChI is InChI=1S/C14H24N4O2S/c1-3-15-14-7-6-13(10-16-14)21(19,20)17-9-12-5-4-8-18(2)11-12/h6-7,10,12,17H,3-5,8-9,11H2,1-2H3,(H,15,16). The number of likely N-dealkylation sites (tertiary alicyclic amines) is 1. The van der Waals surface area contributed by atoms with Crippen LogP contribution in [-0.4, -0.2) is 51.5 Å². The number of nitrogens with zero attached hydrogens (tertiary/aromatic N) is 2. The Morgan fingerprint density at radius 2 is 2.24 bits per heavy atom. The zero-order valence-corrected chi connectivity index (χ0v) is 13.5. The molecule has 2 heterocycles. The third-order valence-corrected chi connectivity index (χ3v) is 5.10. The minimum atomic E-state index is -3.47. The van der Waals surface area contributed by atoms with Crippen molar-refractivity contribution in [1.82, 2.24) is 14.6 Å². The summed E-state index contributed by atoms with van der Waals surface area (Å²) in [5, 5.41) is 3.04. The highest BCUT2D eigenvalue weighted by Gasteiger charge is 2.21. The fraction of sp³-hybridized carbons (Fsp3) is 0.643. The second kappa shape index (κ2) is 7.20. The van der Waals surface area contributed by atoms with E-state index in [0.717, 1.165) is 32.5 Å². The number of anilines is 1. The van der Waals surface area contributed by atoms with E-state index in [1.165, 1.54) is 6.20 Å². The molecule has 1 aromatic heterocycles. The molecule has 1 aliphatic rings. The molecule has 0 bridgehead atoms. The van der Waals surface area contributed by atoms with E-state index in [2.05, 4.69) is 27.0 Å². The number of aromatic nitrogens is 1. The fourth-order valence-corrected chi connectivity index (χ4v) is 3.64. The van der Waals surface area contributed by atoms with Crippen LogP contribution in [-0.2, 0) is 10.0 Å². The van der Waals surface area contributed by atoms with Gasteiger partial charge < -0.3 is 10.2 Å². The van der Waals surface area contributed by atoms with Gasteiger partial charge in [-0.1, -0.05) is 0 Å². The predicted octanol–water partition coefficient (Wildman–Crippen LogP) is 1.13. The maximum Gasteiger partial charge on any atom is 0.242 e. The van der Waals surface area contributed by atoms with Gasteiger partial charge >= 0.3 is 0 Å². The Hall–Kier alpha value is -1.18.